The maximum atomic E-state index is 13.7. The molecule has 1 unspecified atom stereocenters. The molecule has 192 valence electrons. The fourth-order valence-electron chi connectivity index (χ4n) is 3.57. The van der Waals surface area contributed by atoms with Crippen molar-refractivity contribution in [2.24, 2.45) is 0 Å². The van der Waals surface area contributed by atoms with Gasteiger partial charge in [-0.05, 0) is 43.5 Å². The van der Waals surface area contributed by atoms with Crippen molar-refractivity contribution >= 4 is 39.1 Å². The molecule has 1 atom stereocenters. The van der Waals surface area contributed by atoms with Crippen LogP contribution in [0.25, 0.3) is 0 Å². The average Bonchev–Trinajstić information content (AvgIpc) is 2.80. The number of halogens is 2. The molecule has 35 heavy (non-hydrogen) atoms. The van der Waals surface area contributed by atoms with E-state index in [2.05, 4.69) is 5.32 Å². The molecular weight excluding hydrogens is 493 g/mol. The second-order valence-electron chi connectivity index (χ2n) is 8.44. The first-order valence-electron chi connectivity index (χ1n) is 11.5. The van der Waals surface area contributed by atoms with Crippen molar-refractivity contribution in [3.8, 4) is 0 Å². The van der Waals surface area contributed by atoms with Crippen LogP contribution in [0.2, 0.25) is 5.02 Å². The van der Waals surface area contributed by atoms with Gasteiger partial charge in [0.1, 0.15) is 18.4 Å². The highest BCUT2D eigenvalue weighted by Crippen LogP contribution is 2.25. The Morgan fingerprint density at radius 3 is 2.31 bits per heavy atom. The van der Waals surface area contributed by atoms with Crippen molar-refractivity contribution in [1.29, 1.82) is 0 Å². The average molecular weight is 526 g/mol. The molecule has 0 aliphatic rings. The summed E-state index contributed by atoms with van der Waals surface area (Å²) in [6.07, 6.45) is 3.02. The van der Waals surface area contributed by atoms with Gasteiger partial charge in [-0.3, -0.25) is 13.9 Å². The van der Waals surface area contributed by atoms with Gasteiger partial charge in [-0.1, -0.05) is 61.7 Å². The van der Waals surface area contributed by atoms with Crippen LogP contribution in [0.15, 0.2) is 42.5 Å². The third kappa shape index (κ3) is 8.21. The first kappa shape index (κ1) is 28.6. The number of aryl methyl sites for hydroxylation is 1. The number of hydrogen-bond acceptors (Lipinski definition) is 4. The Balaban J connectivity index is 2.41. The summed E-state index contributed by atoms with van der Waals surface area (Å²) in [5.74, 6) is -1.56. The molecule has 0 spiro atoms. The summed E-state index contributed by atoms with van der Waals surface area (Å²) < 4.78 is 39.7. The summed E-state index contributed by atoms with van der Waals surface area (Å²) in [5, 5.41) is 2.61. The summed E-state index contributed by atoms with van der Waals surface area (Å²) >= 11 is 5.86. The number of unbranched alkanes of at least 4 members (excludes halogenated alkanes) is 1. The van der Waals surface area contributed by atoms with Gasteiger partial charge < -0.3 is 10.2 Å². The van der Waals surface area contributed by atoms with E-state index in [0.29, 0.717) is 13.0 Å². The molecule has 0 aliphatic carbocycles. The first-order chi connectivity index (χ1) is 16.5. The van der Waals surface area contributed by atoms with E-state index in [4.69, 9.17) is 11.6 Å². The fraction of sp³-hybridized carbons (Fsp3) is 0.440. The van der Waals surface area contributed by atoms with E-state index in [-0.39, 0.29) is 23.2 Å². The maximum absolute atomic E-state index is 13.7. The van der Waals surface area contributed by atoms with Crippen LogP contribution in [0.1, 0.15) is 44.2 Å². The second-order valence-corrected chi connectivity index (χ2v) is 10.8. The molecule has 0 saturated heterocycles. The number of anilines is 1. The molecule has 2 amide bonds. The Morgan fingerprint density at radius 1 is 1.11 bits per heavy atom. The Morgan fingerprint density at radius 2 is 1.77 bits per heavy atom. The van der Waals surface area contributed by atoms with Crippen molar-refractivity contribution in [3.63, 3.8) is 0 Å². The van der Waals surface area contributed by atoms with Gasteiger partial charge in [0.05, 0.1) is 17.0 Å². The van der Waals surface area contributed by atoms with Crippen LogP contribution in [0.4, 0.5) is 10.1 Å². The largest absolute Gasteiger partial charge is 0.354 e. The molecule has 1 N–H and O–H groups in total. The van der Waals surface area contributed by atoms with Crippen LogP contribution in [0.3, 0.4) is 0 Å². The lowest BCUT2D eigenvalue weighted by atomic mass is 10.1. The number of sulfonamides is 1. The molecule has 2 aromatic carbocycles. The highest BCUT2D eigenvalue weighted by molar-refractivity contribution is 7.92. The molecule has 0 heterocycles. The predicted octanol–water partition coefficient (Wildman–Crippen LogP) is 4.28. The summed E-state index contributed by atoms with van der Waals surface area (Å²) in [7, 11) is -3.92. The molecule has 0 bridgehead atoms. The zero-order valence-electron chi connectivity index (χ0n) is 20.6. The lowest BCUT2D eigenvalue weighted by molar-refractivity contribution is -0.140. The van der Waals surface area contributed by atoms with Gasteiger partial charge in [-0.2, -0.15) is 0 Å². The molecule has 0 radical (unpaired) electrons. The lowest BCUT2D eigenvalue weighted by Crippen LogP contribution is -2.52. The van der Waals surface area contributed by atoms with Gasteiger partial charge in [-0.15, -0.1) is 0 Å². The topological polar surface area (TPSA) is 86.8 Å². The van der Waals surface area contributed by atoms with Gasteiger partial charge in [0.25, 0.3) is 0 Å². The third-order valence-corrected chi connectivity index (χ3v) is 6.99. The van der Waals surface area contributed by atoms with E-state index < -0.39 is 34.3 Å². The van der Waals surface area contributed by atoms with Crippen LogP contribution >= 0.6 is 11.6 Å². The van der Waals surface area contributed by atoms with Gasteiger partial charge in [0.2, 0.25) is 21.8 Å². The van der Waals surface area contributed by atoms with Crippen LogP contribution in [0.5, 0.6) is 0 Å². The van der Waals surface area contributed by atoms with Gasteiger partial charge in [0.15, 0.2) is 0 Å². The minimum atomic E-state index is -3.92. The Kier molecular flexibility index (Phi) is 10.5. The molecule has 2 rings (SSSR count). The van der Waals surface area contributed by atoms with Crippen molar-refractivity contribution in [3.05, 3.63) is 64.4 Å². The normalized spacial score (nSPS) is 12.2. The maximum Gasteiger partial charge on any atom is 0.244 e. The van der Waals surface area contributed by atoms with E-state index in [0.717, 1.165) is 46.7 Å². The van der Waals surface area contributed by atoms with Gasteiger partial charge >= 0.3 is 0 Å². The predicted molar refractivity (Wildman–Crippen MR) is 137 cm³/mol. The highest BCUT2D eigenvalue weighted by atomic mass is 35.5. The van der Waals surface area contributed by atoms with Gasteiger partial charge in [0, 0.05) is 13.1 Å². The van der Waals surface area contributed by atoms with Crippen molar-refractivity contribution in [1.82, 2.24) is 10.2 Å². The molecule has 2 aromatic rings. The van der Waals surface area contributed by atoms with E-state index in [1.165, 1.54) is 11.0 Å². The first-order valence-corrected chi connectivity index (χ1v) is 13.8. The van der Waals surface area contributed by atoms with E-state index >= 15 is 0 Å². The minimum Gasteiger partial charge on any atom is -0.354 e. The molecule has 0 aliphatic heterocycles. The zero-order chi connectivity index (χ0) is 26.2. The van der Waals surface area contributed by atoms with Crippen LogP contribution in [-0.4, -0.2) is 50.5 Å². The Hall–Kier alpha value is -2.65. The number of benzene rings is 2. The van der Waals surface area contributed by atoms with Crippen molar-refractivity contribution in [2.75, 3.05) is 23.7 Å². The molecule has 10 heteroatoms. The monoisotopic (exact) mass is 525 g/mol. The summed E-state index contributed by atoms with van der Waals surface area (Å²) in [6, 6.07) is 10.2. The summed E-state index contributed by atoms with van der Waals surface area (Å²) in [5.41, 5.74) is 1.91. The Bertz CT molecular complexity index is 1130. The number of rotatable bonds is 12. The third-order valence-electron chi connectivity index (χ3n) is 5.56. The molecule has 0 saturated carbocycles. The minimum absolute atomic E-state index is 0.0583. The van der Waals surface area contributed by atoms with Gasteiger partial charge in [-0.25, -0.2) is 12.8 Å². The fourth-order valence-corrected chi connectivity index (χ4v) is 4.59. The van der Waals surface area contributed by atoms with Crippen molar-refractivity contribution < 1.29 is 22.4 Å². The second kappa shape index (κ2) is 12.9. The molecule has 7 nitrogen and oxygen atoms in total. The summed E-state index contributed by atoms with van der Waals surface area (Å²) in [6.45, 7) is 5.81. The summed E-state index contributed by atoms with van der Waals surface area (Å²) in [4.78, 5) is 27.9. The number of hydrogen-bond donors (Lipinski definition) is 1. The smallest absolute Gasteiger partial charge is 0.244 e. The number of nitrogens with one attached hydrogen (secondary N) is 1. The van der Waals surface area contributed by atoms with E-state index in [9.17, 15) is 22.4 Å². The molecular formula is C25H33ClFN3O4S. The number of carbonyl (C=O) groups is 2. The number of amides is 2. The van der Waals surface area contributed by atoms with Crippen LogP contribution in [0, 0.1) is 12.7 Å². The quantitative estimate of drug-likeness (QED) is 0.419. The van der Waals surface area contributed by atoms with E-state index in [1.54, 1.807) is 6.92 Å². The van der Waals surface area contributed by atoms with Crippen LogP contribution in [-0.2, 0) is 26.2 Å². The number of nitrogens with zero attached hydrogens (tertiary/aromatic N) is 2. The number of carbonyl (C=O) groups excluding carboxylic acids is 2. The highest BCUT2D eigenvalue weighted by Gasteiger charge is 2.31. The van der Waals surface area contributed by atoms with Crippen LogP contribution < -0.4 is 9.62 Å². The standard InChI is InChI=1S/C25H33ClFN3O4S/c1-5-7-14-28-25(32)23(6-2)29(16-19-10-8-18(3)9-11-19)24(31)17-30(35(4,33)34)20-12-13-22(27)21(26)15-20/h8-13,15,23H,5-7,14,16-17H2,1-4H3,(H,28,32). The van der Waals surface area contributed by atoms with E-state index in [1.807, 2.05) is 38.1 Å². The Labute approximate surface area is 212 Å². The zero-order valence-corrected chi connectivity index (χ0v) is 22.1. The SMILES string of the molecule is CCCCNC(=O)C(CC)N(Cc1ccc(C)cc1)C(=O)CN(c1ccc(F)c(Cl)c1)S(C)(=O)=O. The van der Waals surface area contributed by atoms with Crippen molar-refractivity contribution in [2.45, 2.75) is 52.6 Å². The molecule has 0 aromatic heterocycles. The lowest BCUT2D eigenvalue weighted by Gasteiger charge is -2.33. The molecule has 0 fully saturated rings.